The van der Waals surface area contributed by atoms with Crippen molar-refractivity contribution in [2.24, 2.45) is 5.41 Å². The molecular weight excluding hydrogens is 252 g/mol. The normalized spacial score (nSPS) is 13.1. The first-order valence-corrected chi connectivity index (χ1v) is 7.26. The summed E-state index contributed by atoms with van der Waals surface area (Å²) in [6.07, 6.45) is 1.29. The highest BCUT2D eigenvalue weighted by molar-refractivity contribution is 5.72. The van der Waals surface area contributed by atoms with Gasteiger partial charge >= 0.3 is 0 Å². The minimum atomic E-state index is -0.394. The SMILES string of the molecule is CCCOc1cccc(NCC(O)CC(C)(C)C)c1N. The summed E-state index contributed by atoms with van der Waals surface area (Å²) in [6, 6.07) is 5.67. The minimum absolute atomic E-state index is 0.110. The van der Waals surface area contributed by atoms with E-state index in [-0.39, 0.29) is 5.41 Å². The monoisotopic (exact) mass is 280 g/mol. The molecule has 1 atom stereocenters. The zero-order chi connectivity index (χ0) is 15.2. The molecule has 4 N–H and O–H groups in total. The van der Waals surface area contributed by atoms with E-state index in [1.165, 1.54) is 0 Å². The number of nitrogen functional groups attached to an aromatic ring is 1. The van der Waals surface area contributed by atoms with Crippen LogP contribution in [0.2, 0.25) is 0 Å². The summed E-state index contributed by atoms with van der Waals surface area (Å²) < 4.78 is 5.59. The van der Waals surface area contributed by atoms with Crippen LogP contribution in [-0.4, -0.2) is 24.4 Å². The maximum atomic E-state index is 10.0. The topological polar surface area (TPSA) is 67.5 Å². The largest absolute Gasteiger partial charge is 0.491 e. The molecule has 0 aliphatic carbocycles. The summed E-state index contributed by atoms with van der Waals surface area (Å²) in [6.45, 7) is 9.54. The van der Waals surface area contributed by atoms with Gasteiger partial charge in [-0.15, -0.1) is 0 Å². The molecule has 0 heterocycles. The molecule has 1 aromatic carbocycles. The van der Waals surface area contributed by atoms with Crippen LogP contribution in [0, 0.1) is 5.41 Å². The number of rotatable bonds is 7. The molecule has 114 valence electrons. The molecule has 0 amide bonds. The Labute approximate surface area is 122 Å². The fourth-order valence-electron chi connectivity index (χ4n) is 2.04. The van der Waals surface area contributed by atoms with Crippen LogP contribution in [0.25, 0.3) is 0 Å². The number of anilines is 2. The number of hydrogen-bond acceptors (Lipinski definition) is 4. The fraction of sp³-hybridized carbons (Fsp3) is 0.625. The Kier molecular flexibility index (Phi) is 6.14. The van der Waals surface area contributed by atoms with Crippen LogP contribution in [0.15, 0.2) is 18.2 Å². The van der Waals surface area contributed by atoms with Crippen LogP contribution in [0.1, 0.15) is 40.5 Å². The number of benzene rings is 1. The molecular formula is C16H28N2O2. The van der Waals surface area contributed by atoms with Gasteiger partial charge in [-0.2, -0.15) is 0 Å². The van der Waals surface area contributed by atoms with Crippen LogP contribution in [0.3, 0.4) is 0 Å². The molecule has 4 nitrogen and oxygen atoms in total. The Morgan fingerprint density at radius 3 is 2.65 bits per heavy atom. The van der Waals surface area contributed by atoms with Gasteiger partial charge in [-0.25, -0.2) is 0 Å². The van der Waals surface area contributed by atoms with E-state index in [4.69, 9.17) is 10.5 Å². The number of aliphatic hydroxyl groups is 1. The van der Waals surface area contributed by atoms with Gasteiger partial charge in [-0.3, -0.25) is 0 Å². The average molecular weight is 280 g/mol. The van der Waals surface area contributed by atoms with Crippen LogP contribution in [-0.2, 0) is 0 Å². The van der Waals surface area contributed by atoms with E-state index in [2.05, 4.69) is 33.0 Å². The van der Waals surface area contributed by atoms with Gasteiger partial charge in [-0.1, -0.05) is 33.8 Å². The third-order valence-electron chi connectivity index (χ3n) is 2.90. The van der Waals surface area contributed by atoms with Crippen molar-refractivity contribution in [3.63, 3.8) is 0 Å². The van der Waals surface area contributed by atoms with Gasteiger partial charge in [0.1, 0.15) is 5.75 Å². The quantitative estimate of drug-likeness (QED) is 0.671. The Bertz CT molecular complexity index is 413. The number of nitrogens with one attached hydrogen (secondary N) is 1. The van der Waals surface area contributed by atoms with Crippen molar-refractivity contribution in [1.82, 2.24) is 0 Å². The van der Waals surface area contributed by atoms with Gasteiger partial charge in [0.05, 0.1) is 24.1 Å². The van der Waals surface area contributed by atoms with E-state index in [0.29, 0.717) is 24.6 Å². The molecule has 4 heteroatoms. The van der Waals surface area contributed by atoms with E-state index >= 15 is 0 Å². The molecule has 1 aromatic rings. The third-order valence-corrected chi connectivity index (χ3v) is 2.90. The van der Waals surface area contributed by atoms with Gasteiger partial charge in [-0.05, 0) is 30.4 Å². The first kappa shape index (κ1) is 16.6. The summed E-state index contributed by atoms with van der Waals surface area (Å²) >= 11 is 0. The zero-order valence-corrected chi connectivity index (χ0v) is 13.1. The molecule has 20 heavy (non-hydrogen) atoms. The second kappa shape index (κ2) is 7.39. The first-order chi connectivity index (χ1) is 9.33. The second-order valence-electron chi connectivity index (χ2n) is 6.37. The van der Waals surface area contributed by atoms with Crippen LogP contribution < -0.4 is 15.8 Å². The predicted molar refractivity (Wildman–Crippen MR) is 85.2 cm³/mol. The number of aliphatic hydroxyl groups excluding tert-OH is 1. The molecule has 0 aromatic heterocycles. The fourth-order valence-corrected chi connectivity index (χ4v) is 2.04. The zero-order valence-electron chi connectivity index (χ0n) is 13.1. The van der Waals surface area contributed by atoms with Gasteiger partial charge in [0.2, 0.25) is 0 Å². The molecule has 1 unspecified atom stereocenters. The van der Waals surface area contributed by atoms with Crippen LogP contribution >= 0.6 is 0 Å². The highest BCUT2D eigenvalue weighted by atomic mass is 16.5. The maximum Gasteiger partial charge on any atom is 0.144 e. The summed E-state index contributed by atoms with van der Waals surface area (Å²) in [5.74, 6) is 0.696. The lowest BCUT2D eigenvalue weighted by molar-refractivity contribution is 0.132. The lowest BCUT2D eigenvalue weighted by atomic mass is 9.89. The Morgan fingerprint density at radius 2 is 2.05 bits per heavy atom. The lowest BCUT2D eigenvalue weighted by Gasteiger charge is -2.23. The van der Waals surface area contributed by atoms with Crippen molar-refractivity contribution in [1.29, 1.82) is 0 Å². The highest BCUT2D eigenvalue weighted by Gasteiger charge is 2.17. The van der Waals surface area contributed by atoms with Gasteiger partial charge < -0.3 is 20.9 Å². The molecule has 0 fully saturated rings. The number of hydrogen-bond donors (Lipinski definition) is 3. The number of ether oxygens (including phenoxy) is 1. The molecule has 0 aliphatic rings. The minimum Gasteiger partial charge on any atom is -0.491 e. The summed E-state index contributed by atoms with van der Waals surface area (Å²) in [5.41, 5.74) is 7.59. The highest BCUT2D eigenvalue weighted by Crippen LogP contribution is 2.29. The summed E-state index contributed by atoms with van der Waals surface area (Å²) in [5, 5.41) is 13.2. The Balaban J connectivity index is 2.59. The van der Waals surface area contributed by atoms with Gasteiger partial charge in [0, 0.05) is 6.54 Å². The smallest absolute Gasteiger partial charge is 0.144 e. The molecule has 0 saturated carbocycles. The van der Waals surface area contributed by atoms with E-state index in [1.54, 1.807) is 0 Å². The molecule has 0 bridgehead atoms. The van der Waals surface area contributed by atoms with Crippen LogP contribution in [0.4, 0.5) is 11.4 Å². The van der Waals surface area contributed by atoms with Gasteiger partial charge in [0.25, 0.3) is 0 Å². The van der Waals surface area contributed by atoms with Crippen molar-refractivity contribution in [2.75, 3.05) is 24.2 Å². The van der Waals surface area contributed by atoms with Crippen molar-refractivity contribution in [3.05, 3.63) is 18.2 Å². The summed E-state index contributed by atoms with van der Waals surface area (Å²) in [7, 11) is 0. The second-order valence-corrected chi connectivity index (χ2v) is 6.37. The van der Waals surface area contributed by atoms with Crippen molar-refractivity contribution in [2.45, 2.75) is 46.6 Å². The molecule has 0 aliphatic heterocycles. The van der Waals surface area contributed by atoms with Crippen LogP contribution in [0.5, 0.6) is 5.75 Å². The van der Waals surface area contributed by atoms with E-state index < -0.39 is 6.10 Å². The summed E-state index contributed by atoms with van der Waals surface area (Å²) in [4.78, 5) is 0. The Morgan fingerprint density at radius 1 is 1.35 bits per heavy atom. The standard InChI is InChI=1S/C16H28N2O2/c1-5-9-20-14-8-6-7-13(15(14)17)18-11-12(19)10-16(2,3)4/h6-8,12,18-19H,5,9-11,17H2,1-4H3. The van der Waals surface area contributed by atoms with E-state index in [0.717, 1.165) is 18.5 Å². The van der Waals surface area contributed by atoms with Crippen molar-refractivity contribution in [3.8, 4) is 5.75 Å². The predicted octanol–water partition coefficient (Wildman–Crippen LogP) is 3.27. The van der Waals surface area contributed by atoms with Gasteiger partial charge in [0.15, 0.2) is 0 Å². The lowest BCUT2D eigenvalue weighted by Crippen LogP contribution is -2.25. The van der Waals surface area contributed by atoms with Crippen molar-refractivity contribution >= 4 is 11.4 Å². The average Bonchev–Trinajstić information content (AvgIpc) is 2.34. The molecule has 0 spiro atoms. The Hall–Kier alpha value is -1.42. The first-order valence-electron chi connectivity index (χ1n) is 7.26. The van der Waals surface area contributed by atoms with E-state index in [9.17, 15) is 5.11 Å². The number of para-hydroxylation sites is 1. The number of nitrogens with two attached hydrogens (primary N) is 1. The third kappa shape index (κ3) is 5.70. The molecule has 1 rings (SSSR count). The van der Waals surface area contributed by atoms with E-state index in [1.807, 2.05) is 18.2 Å². The maximum absolute atomic E-state index is 10.0. The van der Waals surface area contributed by atoms with Crippen molar-refractivity contribution < 1.29 is 9.84 Å². The molecule has 0 saturated heterocycles. The molecule has 0 radical (unpaired) electrons.